The summed E-state index contributed by atoms with van der Waals surface area (Å²) in [5.74, 6) is -0.216. The van der Waals surface area contributed by atoms with Gasteiger partial charge in [0, 0.05) is 30.7 Å². The summed E-state index contributed by atoms with van der Waals surface area (Å²) < 4.78 is 18.8. The Hall–Kier alpha value is -2.21. The monoisotopic (exact) mass is 400 g/mol. The molecule has 2 atom stereocenters. The number of benzene rings is 2. The molecule has 4 rings (SSSR count). The topological polar surface area (TPSA) is 32.8 Å². The van der Waals surface area contributed by atoms with Crippen molar-refractivity contribution in [2.75, 3.05) is 26.3 Å². The molecule has 28 heavy (non-hydrogen) atoms. The summed E-state index contributed by atoms with van der Waals surface area (Å²) in [7, 11) is 0. The minimum atomic E-state index is -0.225. The average molecular weight is 401 g/mol. The first-order valence-corrected chi connectivity index (χ1v) is 9.77. The summed E-state index contributed by atoms with van der Waals surface area (Å²) in [6.07, 6.45) is 3.45. The van der Waals surface area contributed by atoms with Crippen LogP contribution in [0.2, 0.25) is 5.02 Å². The van der Waals surface area contributed by atoms with E-state index in [9.17, 15) is 9.18 Å². The van der Waals surface area contributed by atoms with E-state index in [1.807, 2.05) is 47.4 Å². The van der Waals surface area contributed by atoms with Crippen molar-refractivity contribution in [3.8, 4) is 0 Å². The van der Waals surface area contributed by atoms with E-state index >= 15 is 0 Å². The van der Waals surface area contributed by atoms with Crippen LogP contribution < -0.4 is 0 Å². The van der Waals surface area contributed by atoms with Crippen molar-refractivity contribution in [1.82, 2.24) is 9.80 Å². The van der Waals surface area contributed by atoms with Gasteiger partial charge in [0.25, 0.3) is 0 Å². The number of hydrogen-bond donors (Lipinski definition) is 0. The molecule has 2 aromatic rings. The Balaban J connectivity index is 1.42. The molecular weight excluding hydrogens is 379 g/mol. The van der Waals surface area contributed by atoms with Gasteiger partial charge in [0.2, 0.25) is 5.91 Å². The van der Waals surface area contributed by atoms with Crippen LogP contribution in [0.4, 0.5) is 4.39 Å². The van der Waals surface area contributed by atoms with Gasteiger partial charge in [-0.15, -0.1) is 0 Å². The van der Waals surface area contributed by atoms with Crippen molar-refractivity contribution >= 4 is 23.6 Å². The molecule has 2 fully saturated rings. The number of morpholine rings is 1. The molecule has 2 aliphatic heterocycles. The maximum atomic E-state index is 13.1. The second-order valence-electron chi connectivity index (χ2n) is 7.30. The fourth-order valence-corrected chi connectivity index (χ4v) is 4.04. The van der Waals surface area contributed by atoms with Gasteiger partial charge in [0.05, 0.1) is 25.3 Å². The van der Waals surface area contributed by atoms with Crippen LogP contribution in [-0.4, -0.2) is 54.1 Å². The maximum absolute atomic E-state index is 13.1. The molecule has 0 saturated carbocycles. The van der Waals surface area contributed by atoms with Gasteiger partial charge >= 0.3 is 0 Å². The summed E-state index contributed by atoms with van der Waals surface area (Å²) in [6, 6.07) is 14.0. The van der Waals surface area contributed by atoms with E-state index in [1.54, 1.807) is 6.08 Å². The first kappa shape index (κ1) is 19.1. The van der Waals surface area contributed by atoms with Gasteiger partial charge in [-0.3, -0.25) is 9.69 Å². The lowest BCUT2D eigenvalue weighted by molar-refractivity contribution is -0.150. The molecule has 2 aromatic carbocycles. The normalized spacial score (nSPS) is 22.6. The van der Waals surface area contributed by atoms with Crippen LogP contribution >= 0.6 is 11.6 Å². The van der Waals surface area contributed by atoms with Gasteiger partial charge in [-0.05, 0) is 41.5 Å². The lowest BCUT2D eigenvalue weighted by Gasteiger charge is -2.49. The van der Waals surface area contributed by atoms with Gasteiger partial charge < -0.3 is 9.64 Å². The van der Waals surface area contributed by atoms with E-state index in [0.717, 1.165) is 30.8 Å². The summed E-state index contributed by atoms with van der Waals surface area (Å²) in [5, 5.41) is 0.674. The van der Waals surface area contributed by atoms with Gasteiger partial charge in [0.15, 0.2) is 0 Å². The number of hydrogen-bond acceptors (Lipinski definition) is 3. The van der Waals surface area contributed by atoms with Crippen molar-refractivity contribution in [3.05, 3.63) is 76.6 Å². The van der Waals surface area contributed by atoms with Crippen LogP contribution in [0.25, 0.3) is 6.08 Å². The number of ether oxygens (including phenoxy) is 1. The highest BCUT2D eigenvalue weighted by atomic mass is 35.5. The van der Waals surface area contributed by atoms with Crippen molar-refractivity contribution < 1.29 is 13.9 Å². The molecule has 0 spiro atoms. The van der Waals surface area contributed by atoms with Crippen LogP contribution in [0, 0.1) is 5.82 Å². The smallest absolute Gasteiger partial charge is 0.247 e. The second kappa shape index (κ2) is 8.43. The van der Waals surface area contributed by atoms with E-state index in [4.69, 9.17) is 16.3 Å². The number of halogens is 2. The largest absolute Gasteiger partial charge is 0.377 e. The number of rotatable bonds is 4. The molecule has 0 N–H and O–H groups in total. The molecule has 1 amide bonds. The third-order valence-electron chi connectivity index (χ3n) is 5.21. The minimum Gasteiger partial charge on any atom is -0.377 e. The molecule has 2 bridgehead atoms. The van der Waals surface area contributed by atoms with E-state index in [0.29, 0.717) is 18.2 Å². The highest BCUT2D eigenvalue weighted by molar-refractivity contribution is 6.30. The fourth-order valence-electron chi connectivity index (χ4n) is 3.92. The van der Waals surface area contributed by atoms with Crippen LogP contribution in [0.15, 0.2) is 54.6 Å². The molecule has 2 aliphatic rings. The third kappa shape index (κ3) is 4.43. The number of fused-ring (bicyclic) bond motifs is 2. The van der Waals surface area contributed by atoms with Gasteiger partial charge in [0.1, 0.15) is 5.82 Å². The van der Waals surface area contributed by atoms with Crippen molar-refractivity contribution in [2.24, 2.45) is 0 Å². The first-order chi connectivity index (χ1) is 13.6. The summed E-state index contributed by atoms with van der Waals surface area (Å²) in [5.41, 5.74) is 2.01. The van der Waals surface area contributed by atoms with E-state index < -0.39 is 0 Å². The Morgan fingerprint density at radius 2 is 1.71 bits per heavy atom. The Morgan fingerprint density at radius 3 is 2.36 bits per heavy atom. The molecule has 2 unspecified atom stereocenters. The molecular formula is C22H22ClFN2O2. The average Bonchev–Trinajstić information content (AvgIpc) is 2.68. The zero-order valence-electron chi connectivity index (χ0n) is 15.4. The lowest BCUT2D eigenvalue weighted by Crippen LogP contribution is -2.65. The highest BCUT2D eigenvalue weighted by Crippen LogP contribution is 2.23. The quantitative estimate of drug-likeness (QED) is 0.735. The van der Waals surface area contributed by atoms with Gasteiger partial charge in [-0.2, -0.15) is 0 Å². The Bertz CT molecular complexity index is 840. The molecule has 4 nitrogen and oxygen atoms in total. The number of carbonyl (C=O) groups is 1. The van der Waals surface area contributed by atoms with E-state index in [1.165, 1.54) is 12.1 Å². The van der Waals surface area contributed by atoms with Gasteiger partial charge in [-0.25, -0.2) is 4.39 Å². The molecule has 0 aromatic heterocycles. The third-order valence-corrected chi connectivity index (χ3v) is 5.46. The van der Waals surface area contributed by atoms with Crippen molar-refractivity contribution in [3.63, 3.8) is 0 Å². The molecule has 146 valence electrons. The molecule has 6 heteroatoms. The second-order valence-corrected chi connectivity index (χ2v) is 7.73. The molecule has 0 radical (unpaired) electrons. The summed E-state index contributed by atoms with van der Waals surface area (Å²) >= 11 is 5.90. The minimum absolute atomic E-state index is 0.00896. The number of piperazine rings is 1. The Kier molecular flexibility index (Phi) is 5.76. The number of nitrogens with zero attached hydrogens (tertiary/aromatic N) is 2. The fraction of sp³-hybridized carbons (Fsp3) is 0.318. The predicted molar refractivity (Wildman–Crippen MR) is 107 cm³/mol. The molecule has 0 aliphatic carbocycles. The predicted octanol–water partition coefficient (Wildman–Crippen LogP) is 3.60. The first-order valence-electron chi connectivity index (χ1n) is 9.39. The maximum Gasteiger partial charge on any atom is 0.247 e. The summed E-state index contributed by atoms with van der Waals surface area (Å²) in [6.45, 7) is 3.31. The van der Waals surface area contributed by atoms with E-state index in [2.05, 4.69) is 4.90 Å². The Labute approximate surface area is 169 Å². The van der Waals surface area contributed by atoms with Gasteiger partial charge in [-0.1, -0.05) is 35.9 Å². The standard InChI is InChI=1S/C22H22ClFN2O2/c23-18-6-1-16(2-7-18)5-10-22(27)26-20-12-25(13-21(26)15-28-14-20)11-17-3-8-19(24)9-4-17/h1-10,20-21H,11-15H2. The molecule has 2 saturated heterocycles. The summed E-state index contributed by atoms with van der Waals surface area (Å²) in [4.78, 5) is 17.1. The zero-order chi connectivity index (χ0) is 19.5. The van der Waals surface area contributed by atoms with Crippen LogP contribution in [0.1, 0.15) is 11.1 Å². The number of amides is 1. The van der Waals surface area contributed by atoms with Crippen LogP contribution in [0.3, 0.4) is 0 Å². The molecule has 2 heterocycles. The van der Waals surface area contributed by atoms with E-state index in [-0.39, 0.29) is 23.8 Å². The van der Waals surface area contributed by atoms with Crippen LogP contribution in [0.5, 0.6) is 0 Å². The Morgan fingerprint density at radius 1 is 1.07 bits per heavy atom. The SMILES string of the molecule is O=C(C=Cc1ccc(Cl)cc1)N1C2COCC1CN(Cc1ccc(F)cc1)C2. The van der Waals surface area contributed by atoms with Crippen molar-refractivity contribution in [2.45, 2.75) is 18.6 Å². The number of carbonyl (C=O) groups excluding carboxylic acids is 1. The zero-order valence-corrected chi connectivity index (χ0v) is 16.2. The van der Waals surface area contributed by atoms with Crippen LogP contribution in [-0.2, 0) is 16.1 Å². The highest BCUT2D eigenvalue weighted by Gasteiger charge is 2.39. The lowest BCUT2D eigenvalue weighted by atomic mass is 10.0. The van der Waals surface area contributed by atoms with Crippen molar-refractivity contribution in [1.29, 1.82) is 0 Å².